The van der Waals surface area contributed by atoms with Gasteiger partial charge in [0.25, 0.3) is 5.91 Å². The number of carbonyl (C=O) groups is 1. The van der Waals surface area contributed by atoms with E-state index in [1.165, 1.54) is 12.8 Å². The minimum atomic E-state index is 0.0322. The second kappa shape index (κ2) is 6.64. The Labute approximate surface area is 149 Å². The normalized spacial score (nSPS) is 19.1. The first-order chi connectivity index (χ1) is 12.1. The topological polar surface area (TPSA) is 50.2 Å². The molecule has 25 heavy (non-hydrogen) atoms. The summed E-state index contributed by atoms with van der Waals surface area (Å²) in [5.41, 5.74) is 3.80. The van der Waals surface area contributed by atoms with E-state index in [0.29, 0.717) is 6.04 Å². The third-order valence-corrected chi connectivity index (χ3v) is 5.31. The van der Waals surface area contributed by atoms with Gasteiger partial charge < -0.3 is 10.2 Å². The van der Waals surface area contributed by atoms with Gasteiger partial charge in [-0.1, -0.05) is 0 Å². The summed E-state index contributed by atoms with van der Waals surface area (Å²) < 4.78 is 1.91. The van der Waals surface area contributed by atoms with E-state index in [9.17, 15) is 4.79 Å². The first-order valence-electron chi connectivity index (χ1n) is 9.29. The van der Waals surface area contributed by atoms with Crippen molar-refractivity contribution >= 4 is 5.91 Å². The highest BCUT2D eigenvalue weighted by molar-refractivity contribution is 5.94. The number of carbonyl (C=O) groups excluding carboxylic acids is 1. The Hall–Kier alpha value is -2.14. The van der Waals surface area contributed by atoms with Crippen molar-refractivity contribution in [3.8, 4) is 5.69 Å². The van der Waals surface area contributed by atoms with Crippen LogP contribution in [0.2, 0.25) is 0 Å². The predicted octanol–water partition coefficient (Wildman–Crippen LogP) is 2.85. The van der Waals surface area contributed by atoms with Crippen LogP contribution in [-0.4, -0.2) is 45.8 Å². The first kappa shape index (κ1) is 16.3. The zero-order chi connectivity index (χ0) is 17.4. The molecule has 2 heterocycles. The number of hydrogen-bond donors (Lipinski definition) is 1. The molecule has 0 atom stereocenters. The lowest BCUT2D eigenvalue weighted by Crippen LogP contribution is -2.45. The van der Waals surface area contributed by atoms with Crippen molar-refractivity contribution in [1.82, 2.24) is 20.0 Å². The third kappa shape index (κ3) is 3.61. The molecule has 1 saturated heterocycles. The molecule has 1 aromatic carbocycles. The summed E-state index contributed by atoms with van der Waals surface area (Å²) in [4.78, 5) is 15.1. The van der Waals surface area contributed by atoms with Gasteiger partial charge in [0.1, 0.15) is 0 Å². The lowest BCUT2D eigenvalue weighted by Gasteiger charge is -2.32. The van der Waals surface area contributed by atoms with Crippen molar-refractivity contribution in [2.45, 2.75) is 51.6 Å². The zero-order valence-corrected chi connectivity index (χ0v) is 15.0. The van der Waals surface area contributed by atoms with Crippen LogP contribution in [-0.2, 0) is 0 Å². The van der Waals surface area contributed by atoms with Crippen molar-refractivity contribution in [2.75, 3.05) is 13.1 Å². The quantitative estimate of drug-likeness (QED) is 0.933. The largest absolute Gasteiger partial charge is 0.349 e. The van der Waals surface area contributed by atoms with E-state index in [4.69, 9.17) is 0 Å². The molecule has 0 unspecified atom stereocenters. The molecule has 4 rings (SSSR count). The van der Waals surface area contributed by atoms with Crippen LogP contribution in [0.25, 0.3) is 5.69 Å². The highest BCUT2D eigenvalue weighted by Gasteiger charge is 2.32. The molecule has 0 radical (unpaired) electrons. The molecule has 2 aromatic rings. The number of benzene rings is 1. The number of likely N-dealkylation sites (tertiary alicyclic amines) is 1. The Balaban J connectivity index is 1.36. The molecule has 132 valence electrons. The van der Waals surface area contributed by atoms with Crippen molar-refractivity contribution in [2.24, 2.45) is 0 Å². The van der Waals surface area contributed by atoms with Crippen molar-refractivity contribution < 1.29 is 4.79 Å². The number of hydrogen-bond acceptors (Lipinski definition) is 3. The Kier molecular flexibility index (Phi) is 4.34. The number of rotatable bonds is 4. The minimum absolute atomic E-state index is 0.0322. The van der Waals surface area contributed by atoms with Crippen molar-refractivity contribution in [3.63, 3.8) is 0 Å². The fraction of sp³-hybridized carbons (Fsp3) is 0.500. The zero-order valence-electron chi connectivity index (χ0n) is 15.0. The van der Waals surface area contributed by atoms with Gasteiger partial charge >= 0.3 is 0 Å². The summed E-state index contributed by atoms with van der Waals surface area (Å²) in [6.07, 6.45) is 4.84. The summed E-state index contributed by atoms with van der Waals surface area (Å²) in [6.45, 7) is 6.26. The summed E-state index contributed by atoms with van der Waals surface area (Å²) >= 11 is 0. The smallest absolute Gasteiger partial charge is 0.251 e. The van der Waals surface area contributed by atoms with Crippen LogP contribution in [0.3, 0.4) is 0 Å². The standard InChI is InChI=1S/C20H26N4O/c1-14-13-15(2)24(22-14)19-5-3-16(4-6-19)20(25)21-17-9-11-23(12-10-17)18-7-8-18/h3-6,13,17-18H,7-12H2,1-2H3,(H,21,25). The maximum absolute atomic E-state index is 12.5. The summed E-state index contributed by atoms with van der Waals surface area (Å²) in [6, 6.07) is 10.9. The van der Waals surface area contributed by atoms with E-state index >= 15 is 0 Å². The van der Waals surface area contributed by atoms with Gasteiger partial charge in [0, 0.05) is 36.4 Å². The molecule has 5 heteroatoms. The van der Waals surface area contributed by atoms with Gasteiger partial charge in [-0.3, -0.25) is 4.79 Å². The second-order valence-corrected chi connectivity index (χ2v) is 7.40. The molecule has 2 aliphatic rings. The maximum atomic E-state index is 12.5. The van der Waals surface area contributed by atoms with Crippen LogP contribution >= 0.6 is 0 Å². The lowest BCUT2D eigenvalue weighted by atomic mass is 10.0. The number of aryl methyl sites for hydroxylation is 2. The van der Waals surface area contributed by atoms with Gasteiger partial charge in [0.2, 0.25) is 0 Å². The SMILES string of the molecule is Cc1cc(C)n(-c2ccc(C(=O)NC3CCN(C4CC4)CC3)cc2)n1. The van der Waals surface area contributed by atoms with Crippen molar-refractivity contribution in [1.29, 1.82) is 0 Å². The number of nitrogens with zero attached hydrogens (tertiary/aromatic N) is 3. The van der Waals surface area contributed by atoms with Crippen molar-refractivity contribution in [3.05, 3.63) is 47.3 Å². The number of amides is 1. The summed E-state index contributed by atoms with van der Waals surface area (Å²) in [5, 5.41) is 7.69. The summed E-state index contributed by atoms with van der Waals surface area (Å²) in [7, 11) is 0. The van der Waals surface area contributed by atoms with Gasteiger partial charge in [-0.05, 0) is 69.9 Å². The average molecular weight is 338 g/mol. The van der Waals surface area contributed by atoms with Gasteiger partial charge in [-0.25, -0.2) is 4.68 Å². The van der Waals surface area contributed by atoms with Gasteiger partial charge in [-0.15, -0.1) is 0 Å². The predicted molar refractivity (Wildman–Crippen MR) is 98.1 cm³/mol. The monoisotopic (exact) mass is 338 g/mol. The van der Waals surface area contributed by atoms with E-state index in [2.05, 4.69) is 21.4 Å². The Bertz CT molecular complexity index is 753. The van der Waals surface area contributed by atoms with E-state index < -0.39 is 0 Å². The number of piperidine rings is 1. The van der Waals surface area contributed by atoms with Gasteiger partial charge in [-0.2, -0.15) is 5.10 Å². The minimum Gasteiger partial charge on any atom is -0.349 e. The highest BCUT2D eigenvalue weighted by Crippen LogP contribution is 2.29. The fourth-order valence-electron chi connectivity index (χ4n) is 3.76. The first-order valence-corrected chi connectivity index (χ1v) is 9.29. The molecule has 1 amide bonds. The van der Waals surface area contributed by atoms with E-state index in [-0.39, 0.29) is 5.91 Å². The average Bonchev–Trinajstić information content (AvgIpc) is 3.40. The highest BCUT2D eigenvalue weighted by atomic mass is 16.1. The summed E-state index contributed by atoms with van der Waals surface area (Å²) in [5.74, 6) is 0.0322. The third-order valence-electron chi connectivity index (χ3n) is 5.31. The fourth-order valence-corrected chi connectivity index (χ4v) is 3.76. The van der Waals surface area contributed by atoms with Crippen LogP contribution in [0.5, 0.6) is 0 Å². The van der Waals surface area contributed by atoms with Crippen LogP contribution in [0.4, 0.5) is 0 Å². The maximum Gasteiger partial charge on any atom is 0.251 e. The van der Waals surface area contributed by atoms with E-state index in [1.807, 2.05) is 42.8 Å². The Morgan fingerprint density at radius 2 is 1.76 bits per heavy atom. The second-order valence-electron chi connectivity index (χ2n) is 7.40. The molecular weight excluding hydrogens is 312 g/mol. The van der Waals surface area contributed by atoms with Crippen LogP contribution in [0.15, 0.2) is 30.3 Å². The number of aromatic nitrogens is 2. The Morgan fingerprint density at radius 3 is 2.32 bits per heavy atom. The molecule has 2 fully saturated rings. The Morgan fingerprint density at radius 1 is 1.08 bits per heavy atom. The molecular formula is C20H26N4O. The van der Waals surface area contributed by atoms with Gasteiger partial charge in [0.15, 0.2) is 0 Å². The number of nitrogens with one attached hydrogen (secondary N) is 1. The molecule has 1 aliphatic heterocycles. The lowest BCUT2D eigenvalue weighted by molar-refractivity contribution is 0.0909. The van der Waals surface area contributed by atoms with Gasteiger partial charge in [0.05, 0.1) is 11.4 Å². The molecule has 1 saturated carbocycles. The van der Waals surface area contributed by atoms with Crippen LogP contribution < -0.4 is 5.32 Å². The van der Waals surface area contributed by atoms with E-state index in [0.717, 1.165) is 54.6 Å². The van der Waals surface area contributed by atoms with Crippen LogP contribution in [0.1, 0.15) is 47.4 Å². The van der Waals surface area contributed by atoms with E-state index in [1.54, 1.807) is 0 Å². The molecule has 0 spiro atoms. The molecule has 0 bridgehead atoms. The molecule has 1 N–H and O–H groups in total. The molecule has 5 nitrogen and oxygen atoms in total. The molecule has 1 aromatic heterocycles. The molecule has 1 aliphatic carbocycles. The van der Waals surface area contributed by atoms with Crippen LogP contribution in [0, 0.1) is 13.8 Å².